The van der Waals surface area contributed by atoms with Gasteiger partial charge in [0, 0.05) is 19.0 Å². The molecular formula is C13H17NO3. The topological polar surface area (TPSA) is 49.8 Å². The molecule has 0 saturated carbocycles. The molecule has 4 heteroatoms. The molecule has 0 bridgehead atoms. The number of nitrogens with zero attached hydrogens (tertiary/aromatic N) is 1. The van der Waals surface area contributed by atoms with Crippen molar-refractivity contribution in [3.63, 3.8) is 0 Å². The lowest BCUT2D eigenvalue weighted by Crippen LogP contribution is -2.32. The fourth-order valence-corrected chi connectivity index (χ4v) is 2.09. The van der Waals surface area contributed by atoms with Crippen LogP contribution in [-0.2, 0) is 16.1 Å². The second-order valence-corrected chi connectivity index (χ2v) is 4.45. The minimum absolute atomic E-state index is 0.191. The number of hydrogen-bond acceptors (Lipinski definition) is 3. The van der Waals surface area contributed by atoms with Crippen LogP contribution in [0.1, 0.15) is 12.0 Å². The van der Waals surface area contributed by atoms with Crippen LogP contribution >= 0.6 is 0 Å². The van der Waals surface area contributed by atoms with Gasteiger partial charge < -0.3 is 9.84 Å². The lowest BCUT2D eigenvalue weighted by molar-refractivity contribution is -0.147. The zero-order valence-electron chi connectivity index (χ0n) is 9.87. The number of rotatable bonds is 4. The molecule has 1 saturated heterocycles. The van der Waals surface area contributed by atoms with Gasteiger partial charge in [-0.2, -0.15) is 0 Å². The predicted octanol–water partition coefficient (Wildman–Crippen LogP) is 1.36. The Morgan fingerprint density at radius 3 is 2.76 bits per heavy atom. The quantitative estimate of drug-likeness (QED) is 0.856. The smallest absolute Gasteiger partial charge is 0.332 e. The van der Waals surface area contributed by atoms with Gasteiger partial charge in [0.05, 0.1) is 6.61 Å². The van der Waals surface area contributed by atoms with Crippen LogP contribution in [0.2, 0.25) is 0 Å². The second kappa shape index (κ2) is 5.29. The summed E-state index contributed by atoms with van der Waals surface area (Å²) in [5.41, 5.74) is 1.23. The van der Waals surface area contributed by atoms with Crippen molar-refractivity contribution in [3.05, 3.63) is 35.9 Å². The maximum Gasteiger partial charge on any atom is 0.332 e. The van der Waals surface area contributed by atoms with E-state index in [0.29, 0.717) is 13.0 Å². The molecule has 2 atom stereocenters. The Morgan fingerprint density at radius 2 is 2.18 bits per heavy atom. The van der Waals surface area contributed by atoms with Crippen LogP contribution in [0.4, 0.5) is 0 Å². The van der Waals surface area contributed by atoms with E-state index in [1.54, 1.807) is 0 Å². The van der Waals surface area contributed by atoms with Gasteiger partial charge in [0.15, 0.2) is 6.10 Å². The molecule has 1 N–H and O–H groups in total. The molecule has 0 amide bonds. The Hall–Kier alpha value is -1.39. The first-order chi connectivity index (χ1) is 8.16. The van der Waals surface area contributed by atoms with Crippen molar-refractivity contribution in [2.24, 2.45) is 0 Å². The molecule has 1 aromatic carbocycles. The number of hydrogen-bond donors (Lipinski definition) is 1. The molecular weight excluding hydrogens is 218 g/mol. The number of ether oxygens (including phenoxy) is 1. The SMILES string of the molecule is CN(Cc1ccccc1)C1COC(C(=O)O)C1. The maximum absolute atomic E-state index is 10.8. The van der Waals surface area contributed by atoms with Crippen molar-refractivity contribution >= 4 is 5.97 Å². The number of carboxylic acid groups (broad SMARTS) is 1. The fourth-order valence-electron chi connectivity index (χ4n) is 2.09. The van der Waals surface area contributed by atoms with Gasteiger partial charge in [0.2, 0.25) is 0 Å². The number of carbonyl (C=O) groups is 1. The molecule has 1 fully saturated rings. The Balaban J connectivity index is 1.89. The van der Waals surface area contributed by atoms with Crippen LogP contribution in [0.15, 0.2) is 30.3 Å². The molecule has 1 aromatic rings. The Labute approximate surface area is 101 Å². The highest BCUT2D eigenvalue weighted by atomic mass is 16.5. The molecule has 0 radical (unpaired) electrons. The highest BCUT2D eigenvalue weighted by molar-refractivity contribution is 5.72. The summed E-state index contributed by atoms with van der Waals surface area (Å²) in [6, 6.07) is 10.3. The molecule has 2 rings (SSSR count). The summed E-state index contributed by atoms with van der Waals surface area (Å²) in [6.07, 6.45) is -0.0724. The first kappa shape index (κ1) is 12.1. The van der Waals surface area contributed by atoms with Crippen LogP contribution in [0.5, 0.6) is 0 Å². The summed E-state index contributed by atoms with van der Waals surface area (Å²) in [6.45, 7) is 1.32. The van der Waals surface area contributed by atoms with Crippen molar-refractivity contribution in [2.75, 3.05) is 13.7 Å². The molecule has 1 heterocycles. The van der Waals surface area contributed by atoms with Crippen LogP contribution < -0.4 is 0 Å². The molecule has 4 nitrogen and oxygen atoms in total. The average Bonchev–Trinajstić information content (AvgIpc) is 2.79. The Kier molecular flexibility index (Phi) is 3.76. The monoisotopic (exact) mass is 235 g/mol. The van der Waals surface area contributed by atoms with Crippen molar-refractivity contribution < 1.29 is 14.6 Å². The number of carboxylic acids is 1. The third kappa shape index (κ3) is 3.05. The zero-order valence-corrected chi connectivity index (χ0v) is 9.87. The van der Waals surface area contributed by atoms with E-state index in [1.165, 1.54) is 5.56 Å². The van der Waals surface area contributed by atoms with E-state index in [4.69, 9.17) is 9.84 Å². The van der Waals surface area contributed by atoms with E-state index in [-0.39, 0.29) is 6.04 Å². The Bertz CT molecular complexity index is 380. The lowest BCUT2D eigenvalue weighted by atomic mass is 10.1. The van der Waals surface area contributed by atoms with Crippen LogP contribution in [0.3, 0.4) is 0 Å². The van der Waals surface area contributed by atoms with Gasteiger partial charge in [-0.1, -0.05) is 30.3 Å². The lowest BCUT2D eigenvalue weighted by Gasteiger charge is -2.22. The first-order valence-electron chi connectivity index (χ1n) is 5.75. The zero-order chi connectivity index (χ0) is 12.3. The van der Waals surface area contributed by atoms with E-state index in [2.05, 4.69) is 17.0 Å². The Morgan fingerprint density at radius 1 is 1.47 bits per heavy atom. The molecule has 2 unspecified atom stereocenters. The van der Waals surface area contributed by atoms with E-state index >= 15 is 0 Å². The molecule has 92 valence electrons. The van der Waals surface area contributed by atoms with Gasteiger partial charge in [-0.3, -0.25) is 4.90 Å². The van der Waals surface area contributed by atoms with Gasteiger partial charge in [0.25, 0.3) is 0 Å². The largest absolute Gasteiger partial charge is 0.479 e. The van der Waals surface area contributed by atoms with E-state index in [0.717, 1.165) is 6.54 Å². The van der Waals surface area contributed by atoms with Crippen molar-refractivity contribution in [1.82, 2.24) is 4.90 Å². The fraction of sp³-hybridized carbons (Fsp3) is 0.462. The number of benzene rings is 1. The molecule has 0 aliphatic carbocycles. The summed E-state index contributed by atoms with van der Waals surface area (Å²) < 4.78 is 5.24. The summed E-state index contributed by atoms with van der Waals surface area (Å²) >= 11 is 0. The molecule has 1 aliphatic rings. The molecule has 0 aromatic heterocycles. The van der Waals surface area contributed by atoms with Crippen molar-refractivity contribution in [1.29, 1.82) is 0 Å². The number of likely N-dealkylation sites (N-methyl/N-ethyl adjacent to an activating group) is 1. The highest BCUT2D eigenvalue weighted by Gasteiger charge is 2.32. The van der Waals surface area contributed by atoms with E-state index < -0.39 is 12.1 Å². The van der Waals surface area contributed by atoms with Gasteiger partial charge in [-0.05, 0) is 12.6 Å². The maximum atomic E-state index is 10.8. The number of aliphatic carboxylic acids is 1. The van der Waals surface area contributed by atoms with Crippen LogP contribution in [-0.4, -0.2) is 41.8 Å². The average molecular weight is 235 g/mol. The normalized spacial score (nSPS) is 24.1. The molecule has 1 aliphatic heterocycles. The highest BCUT2D eigenvalue weighted by Crippen LogP contribution is 2.19. The third-order valence-corrected chi connectivity index (χ3v) is 3.15. The van der Waals surface area contributed by atoms with Gasteiger partial charge >= 0.3 is 5.97 Å². The van der Waals surface area contributed by atoms with Crippen molar-refractivity contribution in [2.45, 2.75) is 25.1 Å². The third-order valence-electron chi connectivity index (χ3n) is 3.15. The first-order valence-corrected chi connectivity index (χ1v) is 5.75. The minimum Gasteiger partial charge on any atom is -0.479 e. The molecule has 0 spiro atoms. The predicted molar refractivity (Wildman–Crippen MR) is 63.7 cm³/mol. The second-order valence-electron chi connectivity index (χ2n) is 4.45. The van der Waals surface area contributed by atoms with Gasteiger partial charge in [-0.25, -0.2) is 4.79 Å². The standard InChI is InChI=1S/C13H17NO3/c1-14(8-10-5-3-2-4-6-10)11-7-12(13(15)16)17-9-11/h2-6,11-12H,7-9H2,1H3,(H,15,16). The summed E-state index contributed by atoms with van der Waals surface area (Å²) in [4.78, 5) is 12.9. The summed E-state index contributed by atoms with van der Waals surface area (Å²) in [5.74, 6) is -0.861. The minimum atomic E-state index is -0.861. The molecule has 17 heavy (non-hydrogen) atoms. The van der Waals surface area contributed by atoms with Gasteiger partial charge in [-0.15, -0.1) is 0 Å². The van der Waals surface area contributed by atoms with Crippen LogP contribution in [0, 0.1) is 0 Å². The van der Waals surface area contributed by atoms with Crippen molar-refractivity contribution in [3.8, 4) is 0 Å². The summed E-state index contributed by atoms with van der Waals surface area (Å²) in [7, 11) is 2.01. The van der Waals surface area contributed by atoms with E-state index in [9.17, 15) is 4.79 Å². The van der Waals surface area contributed by atoms with E-state index in [1.807, 2.05) is 25.2 Å². The van der Waals surface area contributed by atoms with Gasteiger partial charge in [0.1, 0.15) is 0 Å². The summed E-state index contributed by atoms with van der Waals surface area (Å²) in [5, 5.41) is 8.86. The van der Waals surface area contributed by atoms with Crippen LogP contribution in [0.25, 0.3) is 0 Å².